The van der Waals surface area contributed by atoms with Gasteiger partial charge in [-0.25, -0.2) is 4.39 Å². The Balaban J connectivity index is 1.51. The molecule has 1 amide bonds. The number of thiocarbonyl (C=S) groups is 1. The van der Waals surface area contributed by atoms with Gasteiger partial charge in [0, 0.05) is 44.3 Å². The van der Waals surface area contributed by atoms with Gasteiger partial charge >= 0.3 is 0 Å². The molecule has 30 heavy (non-hydrogen) atoms. The van der Waals surface area contributed by atoms with E-state index in [1.807, 2.05) is 40.9 Å². The molecule has 1 fully saturated rings. The molecule has 3 aromatic rings. The van der Waals surface area contributed by atoms with Crippen LogP contribution in [0.1, 0.15) is 29.8 Å². The van der Waals surface area contributed by atoms with E-state index in [-0.39, 0.29) is 30.2 Å². The average Bonchev–Trinajstić information content (AvgIpc) is 3.31. The molecule has 154 valence electrons. The number of hydrogen-bond donors (Lipinski definition) is 2. The number of carbonyl (C=O) groups excluding carboxylic acids is 1. The van der Waals surface area contributed by atoms with E-state index in [9.17, 15) is 9.18 Å². The van der Waals surface area contributed by atoms with Gasteiger partial charge in [-0.3, -0.25) is 9.78 Å². The Bertz CT molecular complexity index is 1040. The Morgan fingerprint density at radius 3 is 2.70 bits per heavy atom. The minimum absolute atomic E-state index is 0.0766. The van der Waals surface area contributed by atoms with Crippen LogP contribution in [0.25, 0.3) is 0 Å². The predicted octanol–water partition coefficient (Wildman–Crippen LogP) is 3.56. The summed E-state index contributed by atoms with van der Waals surface area (Å²) < 4.78 is 15.0. The van der Waals surface area contributed by atoms with Crippen LogP contribution in [0.5, 0.6) is 0 Å². The molecule has 4 rings (SSSR count). The number of benzene rings is 1. The number of pyridine rings is 1. The first kappa shape index (κ1) is 20.0. The smallest absolute Gasteiger partial charge is 0.226 e. The first-order chi connectivity index (χ1) is 14.5. The average molecular weight is 424 g/mol. The zero-order valence-electron chi connectivity index (χ0n) is 16.5. The van der Waals surface area contributed by atoms with E-state index in [2.05, 4.69) is 27.9 Å². The molecule has 1 aromatic carbocycles. The molecule has 0 radical (unpaired) electrons. The minimum atomic E-state index is -0.340. The lowest BCUT2D eigenvalue weighted by atomic mass is 9.99. The van der Waals surface area contributed by atoms with Crippen LogP contribution in [0.4, 0.5) is 10.1 Å². The van der Waals surface area contributed by atoms with Crippen molar-refractivity contribution in [1.29, 1.82) is 0 Å². The monoisotopic (exact) mass is 423 g/mol. The van der Waals surface area contributed by atoms with Gasteiger partial charge in [0.1, 0.15) is 5.82 Å². The van der Waals surface area contributed by atoms with Crippen LogP contribution in [-0.4, -0.2) is 32.0 Å². The molecule has 1 aliphatic rings. The molecule has 2 N–H and O–H groups in total. The van der Waals surface area contributed by atoms with E-state index >= 15 is 0 Å². The summed E-state index contributed by atoms with van der Waals surface area (Å²) >= 11 is 5.60. The molecule has 0 bridgehead atoms. The van der Waals surface area contributed by atoms with E-state index < -0.39 is 0 Å². The SMILES string of the molecule is Cn1ccc(C2C(c3ccccn3)NC(=S)N2CCC(=O)Nc2ccc(F)cc2)c1. The summed E-state index contributed by atoms with van der Waals surface area (Å²) in [5.41, 5.74) is 2.56. The maximum absolute atomic E-state index is 13.1. The molecule has 6 nitrogen and oxygen atoms in total. The van der Waals surface area contributed by atoms with E-state index in [0.29, 0.717) is 17.3 Å². The van der Waals surface area contributed by atoms with E-state index in [4.69, 9.17) is 12.2 Å². The molecule has 2 aromatic heterocycles. The second-order valence-corrected chi connectivity index (χ2v) is 7.62. The van der Waals surface area contributed by atoms with Crippen LogP contribution in [-0.2, 0) is 11.8 Å². The van der Waals surface area contributed by atoms with Gasteiger partial charge in [-0.15, -0.1) is 0 Å². The fourth-order valence-electron chi connectivity index (χ4n) is 3.69. The molecule has 2 unspecified atom stereocenters. The first-order valence-electron chi connectivity index (χ1n) is 9.66. The number of nitrogens with one attached hydrogen (secondary N) is 2. The van der Waals surface area contributed by atoms with Crippen molar-refractivity contribution in [2.45, 2.75) is 18.5 Å². The maximum Gasteiger partial charge on any atom is 0.226 e. The van der Waals surface area contributed by atoms with Gasteiger partial charge in [0.2, 0.25) is 5.91 Å². The number of rotatable bonds is 6. The fraction of sp³-hybridized carbons (Fsp3) is 0.227. The Labute approximate surface area is 179 Å². The summed E-state index contributed by atoms with van der Waals surface area (Å²) in [5.74, 6) is -0.495. The summed E-state index contributed by atoms with van der Waals surface area (Å²) in [5, 5.41) is 6.76. The number of aromatic nitrogens is 2. The second kappa shape index (κ2) is 8.62. The van der Waals surface area contributed by atoms with Crippen molar-refractivity contribution in [1.82, 2.24) is 19.8 Å². The Kier molecular flexibility index (Phi) is 5.76. The van der Waals surface area contributed by atoms with E-state index in [1.54, 1.807) is 18.3 Å². The van der Waals surface area contributed by atoms with Crippen molar-refractivity contribution in [2.75, 3.05) is 11.9 Å². The molecule has 0 saturated carbocycles. The minimum Gasteiger partial charge on any atom is -0.357 e. The number of halogens is 1. The summed E-state index contributed by atoms with van der Waals surface area (Å²) in [6.45, 7) is 0.446. The molecule has 0 aliphatic carbocycles. The lowest BCUT2D eigenvalue weighted by Gasteiger charge is -2.27. The normalized spacial score (nSPS) is 18.3. The molecule has 1 aliphatic heterocycles. The molecule has 3 heterocycles. The van der Waals surface area contributed by atoms with Crippen molar-refractivity contribution in [2.24, 2.45) is 7.05 Å². The van der Waals surface area contributed by atoms with Crippen molar-refractivity contribution in [3.8, 4) is 0 Å². The highest BCUT2D eigenvalue weighted by Crippen LogP contribution is 2.38. The molecular formula is C22H22FN5OS. The zero-order valence-corrected chi connectivity index (χ0v) is 17.3. The van der Waals surface area contributed by atoms with Gasteiger partial charge in [-0.05, 0) is 60.2 Å². The summed E-state index contributed by atoms with van der Waals surface area (Å²) in [4.78, 5) is 19.0. The molecule has 8 heteroatoms. The highest BCUT2D eigenvalue weighted by molar-refractivity contribution is 7.80. The lowest BCUT2D eigenvalue weighted by molar-refractivity contribution is -0.116. The summed E-state index contributed by atoms with van der Waals surface area (Å²) in [7, 11) is 1.97. The van der Waals surface area contributed by atoms with Crippen molar-refractivity contribution >= 4 is 28.9 Å². The summed E-state index contributed by atoms with van der Waals surface area (Å²) in [6.07, 6.45) is 6.06. The topological polar surface area (TPSA) is 62.2 Å². The van der Waals surface area contributed by atoms with Crippen LogP contribution >= 0.6 is 12.2 Å². The molecule has 0 spiro atoms. The van der Waals surface area contributed by atoms with Gasteiger partial charge in [-0.1, -0.05) is 6.07 Å². The number of anilines is 1. The van der Waals surface area contributed by atoms with Gasteiger partial charge in [0.05, 0.1) is 17.8 Å². The fourth-order valence-corrected chi connectivity index (χ4v) is 4.02. The van der Waals surface area contributed by atoms with Crippen molar-refractivity contribution in [3.63, 3.8) is 0 Å². The van der Waals surface area contributed by atoms with Gasteiger partial charge in [-0.2, -0.15) is 0 Å². The van der Waals surface area contributed by atoms with E-state index in [1.165, 1.54) is 12.1 Å². The highest BCUT2D eigenvalue weighted by Gasteiger charge is 2.40. The number of amides is 1. The second-order valence-electron chi connectivity index (χ2n) is 7.24. The van der Waals surface area contributed by atoms with Crippen molar-refractivity contribution < 1.29 is 9.18 Å². The largest absolute Gasteiger partial charge is 0.357 e. The van der Waals surface area contributed by atoms with Crippen LogP contribution in [0, 0.1) is 5.82 Å². The third-order valence-corrected chi connectivity index (χ3v) is 5.45. The lowest BCUT2D eigenvalue weighted by Crippen LogP contribution is -2.32. The van der Waals surface area contributed by atoms with Crippen LogP contribution < -0.4 is 10.6 Å². The number of aryl methyl sites for hydroxylation is 1. The standard InChI is InChI=1S/C22H22FN5OS/c1-27-12-9-15(14-27)21-20(18-4-2-3-11-24-18)26-22(30)28(21)13-10-19(29)25-17-7-5-16(23)6-8-17/h2-9,11-12,14,20-21H,10,13H2,1H3,(H,25,29)(H,26,30). The zero-order chi connectivity index (χ0) is 21.1. The maximum atomic E-state index is 13.1. The predicted molar refractivity (Wildman–Crippen MR) is 117 cm³/mol. The molecular weight excluding hydrogens is 401 g/mol. The highest BCUT2D eigenvalue weighted by atomic mass is 32.1. The van der Waals surface area contributed by atoms with Crippen LogP contribution in [0.15, 0.2) is 67.1 Å². The number of hydrogen-bond acceptors (Lipinski definition) is 3. The van der Waals surface area contributed by atoms with Crippen LogP contribution in [0.2, 0.25) is 0 Å². The Hall–Kier alpha value is -3.26. The van der Waals surface area contributed by atoms with E-state index in [0.717, 1.165) is 11.3 Å². The van der Waals surface area contributed by atoms with Gasteiger partial charge < -0.3 is 20.1 Å². The quantitative estimate of drug-likeness (QED) is 0.594. The third-order valence-electron chi connectivity index (χ3n) is 5.10. The summed E-state index contributed by atoms with van der Waals surface area (Å²) in [6, 6.07) is 13.4. The van der Waals surface area contributed by atoms with Gasteiger partial charge in [0.25, 0.3) is 0 Å². The van der Waals surface area contributed by atoms with Gasteiger partial charge in [0.15, 0.2) is 5.11 Å². The Morgan fingerprint density at radius 2 is 2.03 bits per heavy atom. The van der Waals surface area contributed by atoms with Crippen molar-refractivity contribution in [3.05, 3.63) is 84.2 Å². The third kappa shape index (κ3) is 4.33. The molecule has 1 saturated heterocycles. The van der Waals surface area contributed by atoms with Crippen LogP contribution in [0.3, 0.4) is 0 Å². The number of nitrogens with zero attached hydrogens (tertiary/aromatic N) is 3. The molecule has 2 atom stereocenters. The number of carbonyl (C=O) groups is 1. The first-order valence-corrected chi connectivity index (χ1v) is 10.1. The Morgan fingerprint density at radius 1 is 1.23 bits per heavy atom.